The number of ether oxygens (including phenoxy) is 1. The van der Waals surface area contributed by atoms with E-state index in [0.29, 0.717) is 0 Å². The van der Waals surface area contributed by atoms with Crippen LogP contribution in [0.2, 0.25) is 0 Å². The SMILES string of the molecule is CC(=O)O[C@@H]1CC(C)=C(CCO)C(C)(C)C1. The highest BCUT2D eigenvalue weighted by Gasteiger charge is 2.34. The van der Waals surface area contributed by atoms with E-state index in [1.165, 1.54) is 18.1 Å². The first kappa shape index (κ1) is 13.2. The molecule has 92 valence electrons. The lowest BCUT2D eigenvalue weighted by Gasteiger charge is -2.38. The molecular weight excluding hydrogens is 204 g/mol. The molecule has 0 bridgehead atoms. The van der Waals surface area contributed by atoms with E-state index in [4.69, 9.17) is 9.84 Å². The number of hydrogen-bond acceptors (Lipinski definition) is 3. The maximum atomic E-state index is 11.0. The van der Waals surface area contributed by atoms with Gasteiger partial charge in [-0.1, -0.05) is 25.0 Å². The lowest BCUT2D eigenvalue weighted by Crippen LogP contribution is -2.32. The Bertz CT molecular complexity index is 302. The average molecular weight is 226 g/mol. The van der Waals surface area contributed by atoms with Crippen molar-refractivity contribution in [1.82, 2.24) is 0 Å². The van der Waals surface area contributed by atoms with Crippen LogP contribution in [0.5, 0.6) is 0 Å². The second-order valence-corrected chi connectivity index (χ2v) is 5.26. The molecule has 1 aliphatic rings. The lowest BCUT2D eigenvalue weighted by molar-refractivity contribution is -0.147. The highest BCUT2D eigenvalue weighted by Crippen LogP contribution is 2.42. The van der Waals surface area contributed by atoms with Crippen molar-refractivity contribution in [2.24, 2.45) is 5.41 Å². The maximum absolute atomic E-state index is 11.0. The molecule has 3 nitrogen and oxygen atoms in total. The zero-order valence-electron chi connectivity index (χ0n) is 10.7. The van der Waals surface area contributed by atoms with Gasteiger partial charge in [-0.05, 0) is 25.2 Å². The number of carbonyl (C=O) groups excluding carboxylic acids is 1. The van der Waals surface area contributed by atoms with E-state index in [9.17, 15) is 4.79 Å². The van der Waals surface area contributed by atoms with E-state index >= 15 is 0 Å². The van der Waals surface area contributed by atoms with E-state index in [-0.39, 0.29) is 24.1 Å². The first-order valence-electron chi connectivity index (χ1n) is 5.84. The predicted molar refractivity (Wildman–Crippen MR) is 63.0 cm³/mol. The van der Waals surface area contributed by atoms with Gasteiger partial charge >= 0.3 is 5.97 Å². The molecule has 1 atom stereocenters. The fourth-order valence-electron chi connectivity index (χ4n) is 2.79. The summed E-state index contributed by atoms with van der Waals surface area (Å²) in [6, 6.07) is 0. The van der Waals surface area contributed by atoms with Crippen molar-refractivity contribution in [1.29, 1.82) is 0 Å². The minimum absolute atomic E-state index is 0.00468. The standard InChI is InChI=1S/C13H22O3/c1-9-7-11(16-10(2)15)8-13(3,4)12(9)5-6-14/h11,14H,5-8H2,1-4H3/t11-/m1/s1. The van der Waals surface area contributed by atoms with Gasteiger partial charge in [0.1, 0.15) is 6.10 Å². The average Bonchev–Trinajstić information content (AvgIpc) is 2.09. The van der Waals surface area contributed by atoms with Crippen molar-refractivity contribution < 1.29 is 14.6 Å². The monoisotopic (exact) mass is 226 g/mol. The van der Waals surface area contributed by atoms with Crippen LogP contribution in [-0.2, 0) is 9.53 Å². The Labute approximate surface area is 97.5 Å². The fraction of sp³-hybridized carbons (Fsp3) is 0.769. The second-order valence-electron chi connectivity index (χ2n) is 5.26. The Morgan fingerprint density at radius 3 is 2.62 bits per heavy atom. The van der Waals surface area contributed by atoms with E-state index in [1.807, 2.05) is 0 Å². The van der Waals surface area contributed by atoms with Gasteiger partial charge in [-0.2, -0.15) is 0 Å². The van der Waals surface area contributed by atoms with Gasteiger partial charge in [-0.25, -0.2) is 0 Å². The Hall–Kier alpha value is -0.830. The number of rotatable bonds is 3. The summed E-state index contributed by atoms with van der Waals surface area (Å²) >= 11 is 0. The quantitative estimate of drug-likeness (QED) is 0.594. The molecule has 1 N–H and O–H groups in total. The van der Waals surface area contributed by atoms with Gasteiger partial charge in [0.2, 0.25) is 0 Å². The van der Waals surface area contributed by atoms with Crippen LogP contribution in [0.15, 0.2) is 11.1 Å². The van der Waals surface area contributed by atoms with E-state index < -0.39 is 0 Å². The number of hydrogen-bond donors (Lipinski definition) is 1. The minimum atomic E-state index is -0.209. The highest BCUT2D eigenvalue weighted by atomic mass is 16.5. The van der Waals surface area contributed by atoms with Crippen molar-refractivity contribution in [3.8, 4) is 0 Å². The van der Waals surface area contributed by atoms with Gasteiger partial charge in [-0.3, -0.25) is 4.79 Å². The number of aliphatic hydroxyl groups excluding tert-OH is 1. The molecule has 0 amide bonds. The van der Waals surface area contributed by atoms with Crippen molar-refractivity contribution in [3.63, 3.8) is 0 Å². The van der Waals surface area contributed by atoms with Gasteiger partial charge in [0.05, 0.1) is 0 Å². The molecule has 0 aromatic heterocycles. The van der Waals surface area contributed by atoms with Gasteiger partial charge in [-0.15, -0.1) is 0 Å². The third kappa shape index (κ3) is 3.08. The molecule has 0 fully saturated rings. The normalized spacial score (nSPS) is 24.4. The molecule has 16 heavy (non-hydrogen) atoms. The van der Waals surface area contributed by atoms with Gasteiger partial charge in [0.15, 0.2) is 0 Å². The van der Waals surface area contributed by atoms with Crippen LogP contribution in [0.4, 0.5) is 0 Å². The minimum Gasteiger partial charge on any atom is -0.462 e. The molecule has 0 aliphatic heterocycles. The molecule has 0 heterocycles. The van der Waals surface area contributed by atoms with Crippen molar-refractivity contribution in [2.75, 3.05) is 6.61 Å². The number of aliphatic hydroxyl groups is 1. The molecule has 1 rings (SSSR count). The molecule has 1 aliphatic carbocycles. The Morgan fingerprint density at radius 1 is 1.56 bits per heavy atom. The van der Waals surface area contributed by atoms with Crippen LogP contribution >= 0.6 is 0 Å². The molecule has 0 saturated heterocycles. The summed E-state index contributed by atoms with van der Waals surface area (Å²) in [7, 11) is 0. The Kier molecular flexibility index (Phi) is 4.14. The Balaban J connectivity index is 2.83. The fourth-order valence-corrected chi connectivity index (χ4v) is 2.79. The van der Waals surface area contributed by atoms with Crippen LogP contribution in [0.1, 0.15) is 47.0 Å². The molecule has 0 aromatic carbocycles. The van der Waals surface area contributed by atoms with E-state index in [1.54, 1.807) is 0 Å². The molecule has 0 unspecified atom stereocenters. The zero-order valence-corrected chi connectivity index (χ0v) is 10.7. The third-order valence-electron chi connectivity index (χ3n) is 3.30. The predicted octanol–water partition coefficient (Wildman–Crippen LogP) is 2.44. The summed E-state index contributed by atoms with van der Waals surface area (Å²) in [5, 5.41) is 9.06. The summed E-state index contributed by atoms with van der Waals surface area (Å²) in [5.74, 6) is -0.209. The highest BCUT2D eigenvalue weighted by molar-refractivity contribution is 5.66. The van der Waals surface area contributed by atoms with Crippen LogP contribution < -0.4 is 0 Å². The first-order chi connectivity index (χ1) is 7.36. The van der Waals surface area contributed by atoms with Crippen LogP contribution in [0.25, 0.3) is 0 Å². The van der Waals surface area contributed by atoms with Crippen molar-refractivity contribution in [3.05, 3.63) is 11.1 Å². The van der Waals surface area contributed by atoms with Gasteiger partial charge < -0.3 is 9.84 Å². The molecular formula is C13H22O3. The Morgan fingerprint density at radius 2 is 2.19 bits per heavy atom. The summed E-state index contributed by atoms with van der Waals surface area (Å²) < 4.78 is 5.29. The molecule has 0 saturated carbocycles. The number of carbonyl (C=O) groups is 1. The smallest absolute Gasteiger partial charge is 0.302 e. The van der Waals surface area contributed by atoms with Crippen molar-refractivity contribution >= 4 is 5.97 Å². The second kappa shape index (κ2) is 5.00. The number of esters is 1. The van der Waals surface area contributed by atoms with E-state index in [2.05, 4.69) is 20.8 Å². The molecule has 3 heteroatoms. The molecule has 0 radical (unpaired) electrons. The summed E-state index contributed by atoms with van der Waals surface area (Å²) in [6.07, 6.45) is 2.37. The summed E-state index contributed by atoms with van der Waals surface area (Å²) in [4.78, 5) is 11.0. The van der Waals surface area contributed by atoms with Crippen LogP contribution in [0, 0.1) is 5.41 Å². The van der Waals surface area contributed by atoms with Crippen LogP contribution in [-0.4, -0.2) is 23.8 Å². The summed E-state index contributed by atoms with van der Waals surface area (Å²) in [6.45, 7) is 8.01. The van der Waals surface area contributed by atoms with Crippen LogP contribution in [0.3, 0.4) is 0 Å². The third-order valence-corrected chi connectivity index (χ3v) is 3.30. The molecule has 0 aromatic rings. The van der Waals surface area contributed by atoms with Crippen molar-refractivity contribution in [2.45, 2.75) is 53.1 Å². The maximum Gasteiger partial charge on any atom is 0.302 e. The lowest BCUT2D eigenvalue weighted by atomic mass is 9.70. The van der Waals surface area contributed by atoms with Gasteiger partial charge in [0, 0.05) is 20.0 Å². The van der Waals surface area contributed by atoms with E-state index in [0.717, 1.165) is 19.3 Å². The topological polar surface area (TPSA) is 46.5 Å². The van der Waals surface area contributed by atoms with Gasteiger partial charge in [0.25, 0.3) is 0 Å². The molecule has 0 spiro atoms. The summed E-state index contributed by atoms with van der Waals surface area (Å²) in [5.41, 5.74) is 2.60. The first-order valence-corrected chi connectivity index (χ1v) is 5.84. The largest absolute Gasteiger partial charge is 0.462 e. The zero-order chi connectivity index (χ0) is 12.3.